The quantitative estimate of drug-likeness (QED) is 0.488. The molecule has 0 fully saturated rings. The van der Waals surface area contributed by atoms with E-state index in [1.54, 1.807) is 7.11 Å². The number of ether oxygens (including phenoxy) is 4. The van der Waals surface area contributed by atoms with E-state index in [0.717, 1.165) is 25.7 Å². The fourth-order valence-corrected chi connectivity index (χ4v) is 2.06. The summed E-state index contributed by atoms with van der Waals surface area (Å²) in [7, 11) is 1.65. The number of rotatable bonds is 10. The van der Waals surface area contributed by atoms with Crippen molar-refractivity contribution in [3.05, 3.63) is 12.2 Å². The van der Waals surface area contributed by atoms with E-state index < -0.39 is 0 Å². The van der Waals surface area contributed by atoms with Crippen LogP contribution in [0, 0.1) is 0 Å². The lowest BCUT2D eigenvalue weighted by Crippen LogP contribution is -2.30. The Morgan fingerprint density at radius 3 is 2.20 bits per heavy atom. The van der Waals surface area contributed by atoms with Crippen molar-refractivity contribution in [2.24, 2.45) is 0 Å². The Morgan fingerprint density at radius 1 is 0.900 bits per heavy atom. The molecule has 0 amide bonds. The number of aliphatic hydroxyl groups excluding tert-OH is 1. The Hall–Kier alpha value is -0.460. The molecule has 1 aliphatic carbocycles. The van der Waals surface area contributed by atoms with Gasteiger partial charge < -0.3 is 24.1 Å². The number of aliphatic hydroxyl groups is 1. The van der Waals surface area contributed by atoms with E-state index in [4.69, 9.17) is 18.9 Å². The zero-order valence-corrected chi connectivity index (χ0v) is 12.5. The van der Waals surface area contributed by atoms with Crippen LogP contribution in [-0.2, 0) is 18.9 Å². The van der Waals surface area contributed by atoms with Crippen LogP contribution in [0.5, 0.6) is 0 Å². The van der Waals surface area contributed by atoms with Crippen molar-refractivity contribution in [2.75, 3.05) is 46.8 Å². The lowest BCUT2D eigenvalue weighted by Gasteiger charge is -2.24. The number of allylic oxidation sites excluding steroid dienone is 2. The molecular weight excluding hydrogens is 260 g/mol. The first kappa shape index (κ1) is 17.6. The molecule has 0 aromatic carbocycles. The molecule has 0 aromatic heterocycles. The molecule has 0 aromatic rings. The third-order valence-corrected chi connectivity index (χ3v) is 3.21. The first-order valence-electron chi connectivity index (χ1n) is 7.43. The first-order chi connectivity index (χ1) is 9.84. The molecule has 0 radical (unpaired) electrons. The first-order valence-corrected chi connectivity index (χ1v) is 7.43. The van der Waals surface area contributed by atoms with Crippen molar-refractivity contribution in [2.45, 2.75) is 37.9 Å². The van der Waals surface area contributed by atoms with Gasteiger partial charge in [-0.05, 0) is 25.7 Å². The standard InChI is InChI=1S/C15H28O5/c1-17-8-9-18-10-11-19-12-13-20-15-7-5-3-2-4-6-14(15)16/h2-3,14-16H,4-13H2,1H3. The molecular formula is C15H28O5. The van der Waals surface area contributed by atoms with E-state index in [1.165, 1.54) is 0 Å². The SMILES string of the molecule is COCCOCCOCCOC1CCC=CCCC1O. The van der Waals surface area contributed by atoms with Crippen LogP contribution >= 0.6 is 0 Å². The van der Waals surface area contributed by atoms with Gasteiger partial charge in [-0.15, -0.1) is 0 Å². The molecule has 1 rings (SSSR count). The van der Waals surface area contributed by atoms with Crippen LogP contribution in [0.1, 0.15) is 25.7 Å². The summed E-state index contributed by atoms with van der Waals surface area (Å²) in [5, 5.41) is 9.97. The van der Waals surface area contributed by atoms with Crippen molar-refractivity contribution < 1.29 is 24.1 Å². The van der Waals surface area contributed by atoms with Gasteiger partial charge in [-0.25, -0.2) is 0 Å². The monoisotopic (exact) mass is 288 g/mol. The fraction of sp³-hybridized carbons (Fsp3) is 0.867. The van der Waals surface area contributed by atoms with Crippen LogP contribution < -0.4 is 0 Å². The molecule has 0 heterocycles. The Morgan fingerprint density at radius 2 is 1.50 bits per heavy atom. The van der Waals surface area contributed by atoms with Gasteiger partial charge in [-0.2, -0.15) is 0 Å². The fourth-order valence-electron chi connectivity index (χ4n) is 2.06. The topological polar surface area (TPSA) is 57.2 Å². The van der Waals surface area contributed by atoms with Gasteiger partial charge >= 0.3 is 0 Å². The molecule has 118 valence electrons. The summed E-state index contributed by atoms with van der Waals surface area (Å²) < 4.78 is 21.3. The Labute approximate surface area is 121 Å². The summed E-state index contributed by atoms with van der Waals surface area (Å²) in [6.45, 7) is 3.38. The van der Waals surface area contributed by atoms with Crippen molar-refractivity contribution in [3.8, 4) is 0 Å². The minimum absolute atomic E-state index is 0.0681. The van der Waals surface area contributed by atoms with Crippen LogP contribution in [0.2, 0.25) is 0 Å². The second-order valence-corrected chi connectivity index (χ2v) is 4.82. The van der Waals surface area contributed by atoms with E-state index in [2.05, 4.69) is 12.2 Å². The van der Waals surface area contributed by atoms with E-state index >= 15 is 0 Å². The molecule has 0 aliphatic heterocycles. The molecule has 2 atom stereocenters. The number of methoxy groups -OCH3 is 1. The van der Waals surface area contributed by atoms with Gasteiger partial charge in [0.2, 0.25) is 0 Å². The lowest BCUT2D eigenvalue weighted by molar-refractivity contribution is -0.0659. The Bertz CT molecular complexity index is 244. The summed E-state index contributed by atoms with van der Waals surface area (Å²) >= 11 is 0. The summed E-state index contributed by atoms with van der Waals surface area (Å²) in [6, 6.07) is 0. The Balaban J connectivity index is 1.95. The van der Waals surface area contributed by atoms with E-state index in [0.29, 0.717) is 39.6 Å². The van der Waals surface area contributed by atoms with Crippen LogP contribution in [0.4, 0.5) is 0 Å². The summed E-state index contributed by atoms with van der Waals surface area (Å²) in [4.78, 5) is 0. The highest BCUT2D eigenvalue weighted by molar-refractivity contribution is 4.88. The molecule has 1 N–H and O–H groups in total. The zero-order valence-electron chi connectivity index (χ0n) is 12.5. The van der Waals surface area contributed by atoms with E-state index in [9.17, 15) is 5.11 Å². The van der Waals surface area contributed by atoms with Crippen LogP contribution in [0.25, 0.3) is 0 Å². The predicted molar refractivity (Wildman–Crippen MR) is 76.9 cm³/mol. The largest absolute Gasteiger partial charge is 0.390 e. The smallest absolute Gasteiger partial charge is 0.0838 e. The molecule has 0 saturated heterocycles. The van der Waals surface area contributed by atoms with Crippen molar-refractivity contribution in [3.63, 3.8) is 0 Å². The van der Waals surface area contributed by atoms with Crippen LogP contribution in [-0.4, -0.2) is 64.1 Å². The van der Waals surface area contributed by atoms with Gasteiger partial charge in [0.25, 0.3) is 0 Å². The van der Waals surface area contributed by atoms with Gasteiger partial charge in [-0.3, -0.25) is 0 Å². The molecule has 0 saturated carbocycles. The zero-order chi connectivity index (χ0) is 14.5. The van der Waals surface area contributed by atoms with Gasteiger partial charge in [0, 0.05) is 7.11 Å². The molecule has 20 heavy (non-hydrogen) atoms. The molecule has 1 aliphatic rings. The normalized spacial score (nSPS) is 23.5. The highest BCUT2D eigenvalue weighted by atomic mass is 16.6. The van der Waals surface area contributed by atoms with Gasteiger partial charge in [0.1, 0.15) is 0 Å². The maximum Gasteiger partial charge on any atom is 0.0838 e. The minimum atomic E-state index is -0.364. The third-order valence-electron chi connectivity index (χ3n) is 3.21. The second kappa shape index (κ2) is 12.3. The minimum Gasteiger partial charge on any atom is -0.390 e. The highest BCUT2D eigenvalue weighted by Crippen LogP contribution is 2.16. The van der Waals surface area contributed by atoms with Crippen LogP contribution in [0.3, 0.4) is 0 Å². The van der Waals surface area contributed by atoms with E-state index in [1.807, 2.05) is 0 Å². The average molecular weight is 288 g/mol. The van der Waals surface area contributed by atoms with Gasteiger partial charge in [-0.1, -0.05) is 12.2 Å². The Kier molecular flexibility index (Phi) is 10.8. The maximum atomic E-state index is 9.97. The molecule has 5 nitrogen and oxygen atoms in total. The molecule has 0 bridgehead atoms. The second-order valence-electron chi connectivity index (χ2n) is 4.82. The van der Waals surface area contributed by atoms with Crippen LogP contribution in [0.15, 0.2) is 12.2 Å². The number of hydrogen-bond acceptors (Lipinski definition) is 5. The van der Waals surface area contributed by atoms with Crippen molar-refractivity contribution in [1.29, 1.82) is 0 Å². The summed E-state index contributed by atoms with van der Waals surface area (Å²) in [6.07, 6.45) is 7.40. The maximum absolute atomic E-state index is 9.97. The molecule has 0 spiro atoms. The third kappa shape index (κ3) is 8.66. The van der Waals surface area contributed by atoms with Gasteiger partial charge in [0.15, 0.2) is 0 Å². The van der Waals surface area contributed by atoms with E-state index in [-0.39, 0.29) is 12.2 Å². The summed E-state index contributed by atoms with van der Waals surface area (Å²) in [5.74, 6) is 0. The number of hydrogen-bond donors (Lipinski definition) is 1. The van der Waals surface area contributed by atoms with Crippen molar-refractivity contribution >= 4 is 0 Å². The molecule has 5 heteroatoms. The van der Waals surface area contributed by atoms with Gasteiger partial charge in [0.05, 0.1) is 51.8 Å². The highest BCUT2D eigenvalue weighted by Gasteiger charge is 2.19. The van der Waals surface area contributed by atoms with Crippen molar-refractivity contribution in [1.82, 2.24) is 0 Å². The molecule has 2 unspecified atom stereocenters. The summed E-state index contributed by atoms with van der Waals surface area (Å²) in [5.41, 5.74) is 0. The lowest BCUT2D eigenvalue weighted by atomic mass is 10.0. The average Bonchev–Trinajstić information content (AvgIpc) is 2.44. The predicted octanol–water partition coefficient (Wildman–Crippen LogP) is 1.54.